The van der Waals surface area contributed by atoms with Crippen molar-refractivity contribution in [3.8, 4) is 0 Å². The summed E-state index contributed by atoms with van der Waals surface area (Å²) >= 11 is 0. The van der Waals surface area contributed by atoms with Gasteiger partial charge in [-0.2, -0.15) is 9.41 Å². The molecule has 2 aliphatic rings. The van der Waals surface area contributed by atoms with E-state index in [0.29, 0.717) is 45.1 Å². The summed E-state index contributed by atoms with van der Waals surface area (Å²) in [6.45, 7) is 3.60. The van der Waals surface area contributed by atoms with Gasteiger partial charge in [-0.1, -0.05) is 31.4 Å². The number of benzene rings is 1. The normalized spacial score (nSPS) is 19.8. The van der Waals surface area contributed by atoms with E-state index in [9.17, 15) is 13.2 Å². The van der Waals surface area contributed by atoms with Gasteiger partial charge in [-0.3, -0.25) is 4.79 Å². The summed E-state index contributed by atoms with van der Waals surface area (Å²) in [6.07, 6.45) is 6.95. The van der Waals surface area contributed by atoms with Gasteiger partial charge in [-0.05, 0) is 49.8 Å². The molecule has 0 radical (unpaired) electrons. The molecule has 1 heterocycles. The van der Waals surface area contributed by atoms with E-state index in [-0.39, 0.29) is 10.8 Å². The van der Waals surface area contributed by atoms with E-state index in [2.05, 4.69) is 10.5 Å². The summed E-state index contributed by atoms with van der Waals surface area (Å²) in [5, 5.41) is 4.28. The summed E-state index contributed by atoms with van der Waals surface area (Å²) < 4.78 is 31.9. The van der Waals surface area contributed by atoms with E-state index in [1.54, 1.807) is 24.3 Å². The zero-order valence-electron chi connectivity index (χ0n) is 17.1. The Balaban J connectivity index is 1.48. The number of hydrazone groups is 1. The molecule has 0 atom stereocenters. The monoisotopic (exact) mass is 421 g/mol. The number of ether oxygens (including phenoxy) is 1. The third kappa shape index (κ3) is 6.10. The molecule has 2 fully saturated rings. The lowest BCUT2D eigenvalue weighted by Crippen LogP contribution is -2.40. The molecule has 0 unspecified atom stereocenters. The van der Waals surface area contributed by atoms with Crippen LogP contribution in [0.5, 0.6) is 0 Å². The van der Waals surface area contributed by atoms with Crippen molar-refractivity contribution in [2.24, 2.45) is 11.0 Å². The van der Waals surface area contributed by atoms with E-state index < -0.39 is 10.0 Å². The number of carbonyl (C=O) groups excluding carboxylic acids is 1. The van der Waals surface area contributed by atoms with Crippen molar-refractivity contribution in [2.75, 3.05) is 26.3 Å². The lowest BCUT2D eigenvalue weighted by Gasteiger charge is -2.26. The largest absolute Gasteiger partial charge is 0.379 e. The smallest absolute Gasteiger partial charge is 0.243 e. The minimum Gasteiger partial charge on any atom is -0.379 e. The van der Waals surface area contributed by atoms with Gasteiger partial charge < -0.3 is 4.74 Å². The van der Waals surface area contributed by atoms with Crippen molar-refractivity contribution >= 4 is 21.6 Å². The fraction of sp³-hybridized carbons (Fsp3) is 0.619. The van der Waals surface area contributed by atoms with Crippen LogP contribution in [0.25, 0.3) is 0 Å². The van der Waals surface area contributed by atoms with Crippen LogP contribution in [-0.4, -0.2) is 50.6 Å². The number of aryl methyl sites for hydroxylation is 1. The molecule has 1 N–H and O–H groups in total. The summed E-state index contributed by atoms with van der Waals surface area (Å²) in [5.74, 6) is 0.371. The zero-order valence-corrected chi connectivity index (χ0v) is 17.9. The molecule has 3 rings (SSSR count). The molecule has 1 aromatic rings. The topological polar surface area (TPSA) is 88.1 Å². The number of rotatable bonds is 7. The molecule has 1 saturated carbocycles. The first-order valence-electron chi connectivity index (χ1n) is 10.5. The molecule has 0 aromatic heterocycles. The highest BCUT2D eigenvalue weighted by molar-refractivity contribution is 7.89. The second-order valence-electron chi connectivity index (χ2n) is 7.78. The molecule has 1 aromatic carbocycles. The maximum absolute atomic E-state index is 12.6. The van der Waals surface area contributed by atoms with Gasteiger partial charge in [0.15, 0.2) is 0 Å². The first kappa shape index (κ1) is 21.9. The van der Waals surface area contributed by atoms with Crippen molar-refractivity contribution in [1.82, 2.24) is 9.73 Å². The highest BCUT2D eigenvalue weighted by Gasteiger charge is 2.26. The lowest BCUT2D eigenvalue weighted by molar-refractivity contribution is -0.121. The van der Waals surface area contributed by atoms with Crippen LogP contribution in [0.1, 0.15) is 51.0 Å². The first-order chi connectivity index (χ1) is 14.0. The molecular weight excluding hydrogens is 390 g/mol. The summed E-state index contributed by atoms with van der Waals surface area (Å²) in [7, 11) is -3.48. The van der Waals surface area contributed by atoms with Gasteiger partial charge in [0.25, 0.3) is 0 Å². The van der Waals surface area contributed by atoms with Crippen LogP contribution in [0.2, 0.25) is 0 Å². The molecule has 1 amide bonds. The number of nitrogens with one attached hydrogen (secondary N) is 1. The quantitative estimate of drug-likeness (QED) is 0.542. The number of hydrogen-bond acceptors (Lipinski definition) is 5. The number of hydrogen-bond donors (Lipinski definition) is 1. The molecule has 0 bridgehead atoms. The third-order valence-electron chi connectivity index (χ3n) is 5.72. The summed E-state index contributed by atoms with van der Waals surface area (Å²) in [5.41, 5.74) is 4.60. The predicted molar refractivity (Wildman–Crippen MR) is 112 cm³/mol. The Labute approximate surface area is 173 Å². The molecule has 1 aliphatic carbocycles. The maximum Gasteiger partial charge on any atom is 0.243 e. The Kier molecular flexibility index (Phi) is 7.80. The van der Waals surface area contributed by atoms with Crippen LogP contribution in [0, 0.1) is 5.92 Å². The van der Waals surface area contributed by atoms with E-state index in [0.717, 1.165) is 24.1 Å². The van der Waals surface area contributed by atoms with Gasteiger partial charge in [-0.15, -0.1) is 0 Å². The van der Waals surface area contributed by atoms with Gasteiger partial charge in [0, 0.05) is 25.2 Å². The highest BCUT2D eigenvalue weighted by Crippen LogP contribution is 2.24. The minimum atomic E-state index is -3.48. The number of nitrogens with zero attached hydrogens (tertiary/aromatic N) is 2. The van der Waals surface area contributed by atoms with Crippen molar-refractivity contribution in [3.05, 3.63) is 29.8 Å². The number of morpholine rings is 1. The molecule has 8 heteroatoms. The van der Waals surface area contributed by atoms with Crippen molar-refractivity contribution in [1.29, 1.82) is 0 Å². The lowest BCUT2D eigenvalue weighted by atomic mass is 9.86. The van der Waals surface area contributed by atoms with Crippen LogP contribution in [0.3, 0.4) is 0 Å². The van der Waals surface area contributed by atoms with Gasteiger partial charge >= 0.3 is 0 Å². The predicted octanol–water partition coefficient (Wildman–Crippen LogP) is 2.71. The molecule has 160 valence electrons. The average Bonchev–Trinajstić information content (AvgIpc) is 2.77. The fourth-order valence-corrected chi connectivity index (χ4v) is 5.25. The second kappa shape index (κ2) is 10.3. The van der Waals surface area contributed by atoms with E-state index in [1.165, 1.54) is 23.6 Å². The van der Waals surface area contributed by atoms with Crippen LogP contribution in [-0.2, 0) is 26.0 Å². The minimum absolute atomic E-state index is 0.120. The average molecular weight is 422 g/mol. The van der Waals surface area contributed by atoms with E-state index >= 15 is 0 Å². The number of carbonyl (C=O) groups is 1. The van der Waals surface area contributed by atoms with Crippen LogP contribution in [0.4, 0.5) is 0 Å². The summed E-state index contributed by atoms with van der Waals surface area (Å²) in [6, 6.07) is 6.78. The second-order valence-corrected chi connectivity index (χ2v) is 9.72. The number of sulfonamides is 1. The molecule has 29 heavy (non-hydrogen) atoms. The van der Waals surface area contributed by atoms with Crippen LogP contribution in [0.15, 0.2) is 34.3 Å². The molecule has 0 spiro atoms. The Morgan fingerprint density at radius 1 is 1.14 bits per heavy atom. The first-order valence-corrected chi connectivity index (χ1v) is 11.9. The van der Waals surface area contributed by atoms with E-state index in [4.69, 9.17) is 4.74 Å². The molecule has 7 nitrogen and oxygen atoms in total. The Morgan fingerprint density at radius 2 is 1.79 bits per heavy atom. The maximum atomic E-state index is 12.6. The summed E-state index contributed by atoms with van der Waals surface area (Å²) in [4.78, 5) is 12.4. The zero-order chi connectivity index (χ0) is 20.7. The van der Waals surface area contributed by atoms with Gasteiger partial charge in [-0.25, -0.2) is 13.8 Å². The van der Waals surface area contributed by atoms with Gasteiger partial charge in [0.1, 0.15) is 0 Å². The molecule has 1 saturated heterocycles. The Bertz CT molecular complexity index is 809. The Hall–Kier alpha value is -1.77. The van der Waals surface area contributed by atoms with Crippen molar-refractivity contribution in [2.45, 2.75) is 56.8 Å². The van der Waals surface area contributed by atoms with Crippen LogP contribution < -0.4 is 5.43 Å². The van der Waals surface area contributed by atoms with Crippen molar-refractivity contribution < 1.29 is 17.9 Å². The molecule has 1 aliphatic heterocycles. The Morgan fingerprint density at radius 3 is 2.45 bits per heavy atom. The van der Waals surface area contributed by atoms with Gasteiger partial charge in [0.2, 0.25) is 15.9 Å². The SMILES string of the molecule is C/C(=N\NC(=O)CCc1ccc(S(=O)(=O)N2CCOCC2)cc1)C1CCCCC1. The van der Waals surface area contributed by atoms with Crippen molar-refractivity contribution in [3.63, 3.8) is 0 Å². The highest BCUT2D eigenvalue weighted by atomic mass is 32.2. The third-order valence-corrected chi connectivity index (χ3v) is 7.64. The van der Waals surface area contributed by atoms with Crippen LogP contribution >= 0.6 is 0 Å². The number of amides is 1. The van der Waals surface area contributed by atoms with Gasteiger partial charge in [0.05, 0.1) is 18.1 Å². The van der Waals surface area contributed by atoms with E-state index in [1.807, 2.05) is 6.92 Å². The standard InChI is InChI=1S/C21H31N3O4S/c1-17(19-5-3-2-4-6-19)22-23-21(25)12-9-18-7-10-20(11-8-18)29(26,27)24-13-15-28-16-14-24/h7-8,10-11,19H,2-6,9,12-16H2,1H3,(H,23,25)/b22-17+. The fourth-order valence-electron chi connectivity index (χ4n) is 3.84. The molecular formula is C21H31N3O4S.